The quantitative estimate of drug-likeness (QED) is 0.667. The summed E-state index contributed by atoms with van der Waals surface area (Å²) in [4.78, 5) is 22.9. The highest BCUT2D eigenvalue weighted by Crippen LogP contribution is 2.16. The van der Waals surface area contributed by atoms with E-state index < -0.39 is 10.8 Å². The molecule has 2 heterocycles. The monoisotopic (exact) mass is 266 g/mol. The Labute approximate surface area is 106 Å². The Morgan fingerprint density at radius 3 is 3.06 bits per heavy atom. The summed E-state index contributed by atoms with van der Waals surface area (Å²) in [5.74, 6) is -0.546. The molecule has 2 rings (SSSR count). The lowest BCUT2D eigenvalue weighted by Gasteiger charge is -2.00. The van der Waals surface area contributed by atoms with Crippen molar-refractivity contribution < 1.29 is 9.72 Å². The molecule has 1 amide bonds. The van der Waals surface area contributed by atoms with Crippen LogP contribution in [0.4, 0.5) is 5.69 Å². The van der Waals surface area contributed by atoms with Gasteiger partial charge in [-0.3, -0.25) is 19.6 Å². The highest BCUT2D eigenvalue weighted by molar-refractivity contribution is 7.09. The van der Waals surface area contributed by atoms with Crippen molar-refractivity contribution in [2.45, 2.75) is 6.54 Å². The summed E-state index contributed by atoms with van der Waals surface area (Å²) >= 11 is 1.50. The average Bonchev–Trinajstić information content (AvgIpc) is 2.94. The molecule has 0 spiro atoms. The van der Waals surface area contributed by atoms with Gasteiger partial charge >= 0.3 is 5.69 Å². The van der Waals surface area contributed by atoms with Crippen LogP contribution in [0.2, 0.25) is 0 Å². The van der Waals surface area contributed by atoms with Gasteiger partial charge in [-0.25, -0.2) is 0 Å². The topological polar surface area (TPSA) is 90.1 Å². The van der Waals surface area contributed by atoms with E-state index in [4.69, 9.17) is 0 Å². The van der Waals surface area contributed by atoms with Gasteiger partial charge < -0.3 is 5.32 Å². The molecule has 0 saturated heterocycles. The van der Waals surface area contributed by atoms with Gasteiger partial charge in [0.1, 0.15) is 6.20 Å². The summed E-state index contributed by atoms with van der Waals surface area (Å²) in [6, 6.07) is 3.74. The van der Waals surface area contributed by atoms with Crippen molar-refractivity contribution in [2.24, 2.45) is 7.05 Å². The molecular weight excluding hydrogens is 256 g/mol. The van der Waals surface area contributed by atoms with Gasteiger partial charge in [0.15, 0.2) is 0 Å². The lowest BCUT2D eigenvalue weighted by atomic mass is 10.3. The Bertz CT molecular complexity index is 576. The summed E-state index contributed by atoms with van der Waals surface area (Å²) in [6.45, 7) is 0.338. The molecule has 0 aliphatic rings. The standard InChI is InChI=1S/C10H10N4O3S/c1-13-6-8(14(16)17)9(12-13)10(15)11-5-7-3-2-4-18-7/h2-4,6H,5H2,1H3,(H,11,15). The largest absolute Gasteiger partial charge is 0.346 e. The number of nitrogens with zero attached hydrogens (tertiary/aromatic N) is 3. The van der Waals surface area contributed by atoms with Gasteiger partial charge in [0, 0.05) is 11.9 Å². The minimum absolute atomic E-state index is 0.168. The summed E-state index contributed by atoms with van der Waals surface area (Å²) in [5.41, 5.74) is -0.458. The normalized spacial score (nSPS) is 10.3. The molecule has 0 bridgehead atoms. The number of nitrogens with one attached hydrogen (secondary N) is 1. The van der Waals surface area contributed by atoms with Gasteiger partial charge in [-0.05, 0) is 11.4 Å². The van der Waals surface area contributed by atoms with E-state index in [0.29, 0.717) is 6.54 Å². The lowest BCUT2D eigenvalue weighted by Crippen LogP contribution is -2.23. The van der Waals surface area contributed by atoms with Crippen LogP contribution in [-0.2, 0) is 13.6 Å². The number of aromatic nitrogens is 2. The molecule has 0 saturated carbocycles. The first-order valence-corrected chi connectivity index (χ1v) is 5.94. The first-order valence-electron chi connectivity index (χ1n) is 5.06. The van der Waals surface area contributed by atoms with E-state index in [1.165, 1.54) is 29.3 Å². The molecule has 0 unspecified atom stereocenters. The molecule has 2 aromatic heterocycles. The molecule has 2 aromatic rings. The van der Waals surface area contributed by atoms with Crippen LogP contribution in [0.1, 0.15) is 15.4 Å². The summed E-state index contributed by atoms with van der Waals surface area (Å²) < 4.78 is 1.25. The van der Waals surface area contributed by atoms with Crippen LogP contribution in [0.25, 0.3) is 0 Å². The third-order valence-electron chi connectivity index (χ3n) is 2.22. The molecule has 0 aliphatic carbocycles. The SMILES string of the molecule is Cn1cc([N+](=O)[O-])c(C(=O)NCc2cccs2)n1. The third kappa shape index (κ3) is 2.54. The zero-order valence-electron chi connectivity index (χ0n) is 9.49. The number of thiophene rings is 1. The molecule has 0 radical (unpaired) electrons. The minimum atomic E-state index is -0.618. The summed E-state index contributed by atoms with van der Waals surface area (Å²) in [5, 5.41) is 19.0. The highest BCUT2D eigenvalue weighted by Gasteiger charge is 2.24. The van der Waals surface area contributed by atoms with E-state index in [9.17, 15) is 14.9 Å². The first kappa shape index (κ1) is 12.2. The van der Waals surface area contributed by atoms with E-state index in [-0.39, 0.29) is 11.4 Å². The van der Waals surface area contributed by atoms with E-state index in [0.717, 1.165) is 4.88 Å². The average molecular weight is 266 g/mol. The number of hydrogen-bond donors (Lipinski definition) is 1. The zero-order chi connectivity index (χ0) is 13.1. The molecular formula is C10H10N4O3S. The smallest absolute Gasteiger partial charge is 0.320 e. The Hall–Kier alpha value is -2.22. The maximum atomic E-state index is 11.8. The number of carbonyl (C=O) groups is 1. The number of nitro groups is 1. The maximum absolute atomic E-state index is 11.8. The van der Waals surface area contributed by atoms with Gasteiger partial charge in [-0.1, -0.05) is 6.07 Å². The second-order valence-corrected chi connectivity index (χ2v) is 4.59. The molecule has 18 heavy (non-hydrogen) atoms. The van der Waals surface area contributed by atoms with E-state index in [1.807, 2.05) is 17.5 Å². The van der Waals surface area contributed by atoms with Crippen LogP contribution in [0.15, 0.2) is 23.7 Å². The molecule has 7 nitrogen and oxygen atoms in total. The third-order valence-corrected chi connectivity index (χ3v) is 3.10. The van der Waals surface area contributed by atoms with E-state index in [2.05, 4.69) is 10.4 Å². The Kier molecular flexibility index (Phi) is 3.38. The van der Waals surface area contributed by atoms with Gasteiger partial charge in [0.25, 0.3) is 5.91 Å². The minimum Gasteiger partial charge on any atom is -0.346 e. The van der Waals surface area contributed by atoms with Crippen LogP contribution in [0.5, 0.6) is 0 Å². The molecule has 0 aromatic carbocycles. The van der Waals surface area contributed by atoms with Crippen LogP contribution >= 0.6 is 11.3 Å². The van der Waals surface area contributed by atoms with Gasteiger partial charge in [0.2, 0.25) is 5.69 Å². The molecule has 94 valence electrons. The van der Waals surface area contributed by atoms with Crippen molar-refractivity contribution >= 4 is 22.9 Å². The molecule has 1 N–H and O–H groups in total. The van der Waals surface area contributed by atoms with Crippen molar-refractivity contribution in [2.75, 3.05) is 0 Å². The number of amides is 1. The van der Waals surface area contributed by atoms with E-state index >= 15 is 0 Å². The van der Waals surface area contributed by atoms with Crippen molar-refractivity contribution in [1.29, 1.82) is 0 Å². The van der Waals surface area contributed by atoms with Crippen LogP contribution in [-0.4, -0.2) is 20.6 Å². The van der Waals surface area contributed by atoms with Crippen molar-refractivity contribution in [1.82, 2.24) is 15.1 Å². The second-order valence-electron chi connectivity index (χ2n) is 3.56. The molecule has 0 atom stereocenters. The predicted molar refractivity (Wildman–Crippen MR) is 65.4 cm³/mol. The van der Waals surface area contributed by atoms with Crippen molar-refractivity contribution in [3.8, 4) is 0 Å². The Balaban J connectivity index is 2.11. The first-order chi connectivity index (χ1) is 8.58. The number of hydrogen-bond acceptors (Lipinski definition) is 5. The Morgan fingerprint density at radius 2 is 2.44 bits per heavy atom. The van der Waals surface area contributed by atoms with Crippen LogP contribution in [0.3, 0.4) is 0 Å². The fourth-order valence-electron chi connectivity index (χ4n) is 1.44. The number of carbonyl (C=O) groups excluding carboxylic acids is 1. The second kappa shape index (κ2) is 4.96. The predicted octanol–water partition coefficient (Wildman–Crippen LogP) is 1.32. The molecule has 0 fully saturated rings. The fraction of sp³-hybridized carbons (Fsp3) is 0.200. The van der Waals surface area contributed by atoms with Crippen molar-refractivity contribution in [3.63, 3.8) is 0 Å². The van der Waals surface area contributed by atoms with Crippen LogP contribution in [0, 0.1) is 10.1 Å². The number of rotatable bonds is 4. The Morgan fingerprint density at radius 1 is 1.67 bits per heavy atom. The van der Waals surface area contributed by atoms with Crippen LogP contribution < -0.4 is 5.32 Å². The molecule has 8 heteroatoms. The van der Waals surface area contributed by atoms with Gasteiger partial charge in [-0.15, -0.1) is 11.3 Å². The van der Waals surface area contributed by atoms with E-state index in [1.54, 1.807) is 0 Å². The number of aryl methyl sites for hydroxylation is 1. The summed E-state index contributed by atoms with van der Waals surface area (Å²) in [7, 11) is 1.53. The fourth-order valence-corrected chi connectivity index (χ4v) is 2.08. The highest BCUT2D eigenvalue weighted by atomic mass is 32.1. The maximum Gasteiger partial charge on any atom is 0.320 e. The molecule has 0 aliphatic heterocycles. The van der Waals surface area contributed by atoms with Crippen molar-refractivity contribution in [3.05, 3.63) is 44.4 Å². The lowest BCUT2D eigenvalue weighted by molar-refractivity contribution is -0.385. The summed E-state index contributed by atoms with van der Waals surface area (Å²) in [6.07, 6.45) is 1.21. The zero-order valence-corrected chi connectivity index (χ0v) is 10.3. The van der Waals surface area contributed by atoms with Gasteiger partial charge in [-0.2, -0.15) is 5.10 Å². The van der Waals surface area contributed by atoms with Gasteiger partial charge in [0.05, 0.1) is 11.5 Å².